The molecule has 5 heteroatoms. The zero-order valence-electron chi connectivity index (χ0n) is 7.49. The van der Waals surface area contributed by atoms with Gasteiger partial charge in [0.05, 0.1) is 18.3 Å². The Labute approximate surface area is 81.1 Å². The van der Waals surface area contributed by atoms with E-state index in [0.29, 0.717) is 6.04 Å². The molecule has 1 aromatic rings. The van der Waals surface area contributed by atoms with Crippen molar-refractivity contribution in [2.24, 2.45) is 0 Å². The Morgan fingerprint density at radius 2 is 2.62 bits per heavy atom. The van der Waals surface area contributed by atoms with Crippen molar-refractivity contribution in [2.75, 3.05) is 17.7 Å². The number of hydrogen-bond donors (Lipinski definition) is 2. The lowest BCUT2D eigenvalue weighted by Gasteiger charge is -2.14. The van der Waals surface area contributed by atoms with Gasteiger partial charge in [-0.3, -0.25) is 0 Å². The van der Waals surface area contributed by atoms with Crippen LogP contribution in [0.1, 0.15) is 13.3 Å². The molecule has 2 heterocycles. The monoisotopic (exact) mass is 199 g/mol. The zero-order valence-corrected chi connectivity index (χ0v) is 8.30. The molecule has 1 saturated heterocycles. The molecule has 0 spiro atoms. The second-order valence-electron chi connectivity index (χ2n) is 3.18. The fourth-order valence-corrected chi connectivity index (χ4v) is 2.08. The molecular weight excluding hydrogens is 186 g/mol. The van der Waals surface area contributed by atoms with Gasteiger partial charge in [0.15, 0.2) is 5.13 Å². The van der Waals surface area contributed by atoms with E-state index in [4.69, 9.17) is 10.5 Å². The van der Waals surface area contributed by atoms with Crippen molar-refractivity contribution in [3.05, 3.63) is 6.20 Å². The van der Waals surface area contributed by atoms with Crippen LogP contribution in [0.4, 0.5) is 10.1 Å². The molecule has 0 saturated carbocycles. The van der Waals surface area contributed by atoms with Gasteiger partial charge in [0.2, 0.25) is 0 Å². The summed E-state index contributed by atoms with van der Waals surface area (Å²) in [4.78, 5) is 4.14. The van der Waals surface area contributed by atoms with Crippen LogP contribution in [0.25, 0.3) is 0 Å². The molecule has 0 amide bonds. The highest BCUT2D eigenvalue weighted by atomic mass is 32.1. The summed E-state index contributed by atoms with van der Waals surface area (Å²) in [6.45, 7) is 2.90. The molecule has 2 unspecified atom stereocenters. The molecule has 0 radical (unpaired) electrons. The van der Waals surface area contributed by atoms with Gasteiger partial charge in [-0.1, -0.05) is 11.3 Å². The van der Waals surface area contributed by atoms with Gasteiger partial charge in [0.1, 0.15) is 5.00 Å². The largest absolute Gasteiger partial charge is 0.389 e. The van der Waals surface area contributed by atoms with Crippen LogP contribution in [0.15, 0.2) is 6.20 Å². The summed E-state index contributed by atoms with van der Waals surface area (Å²) in [5.74, 6) is 0. The van der Waals surface area contributed by atoms with Crippen molar-refractivity contribution in [2.45, 2.75) is 25.5 Å². The van der Waals surface area contributed by atoms with Gasteiger partial charge in [-0.25, -0.2) is 4.98 Å². The third kappa shape index (κ3) is 1.92. The quantitative estimate of drug-likeness (QED) is 0.754. The molecule has 0 aromatic carbocycles. The van der Waals surface area contributed by atoms with E-state index in [0.717, 1.165) is 23.2 Å². The minimum absolute atomic E-state index is 0.269. The molecule has 0 aliphatic carbocycles. The maximum atomic E-state index is 5.57. The van der Waals surface area contributed by atoms with Crippen molar-refractivity contribution < 1.29 is 4.74 Å². The maximum Gasteiger partial charge on any atom is 0.184 e. The van der Waals surface area contributed by atoms with E-state index in [-0.39, 0.29) is 6.10 Å². The first kappa shape index (κ1) is 8.77. The van der Waals surface area contributed by atoms with Crippen molar-refractivity contribution >= 4 is 21.5 Å². The fraction of sp³-hybridized carbons (Fsp3) is 0.625. The molecule has 72 valence electrons. The maximum absolute atomic E-state index is 5.57. The van der Waals surface area contributed by atoms with Crippen LogP contribution in [0, 0.1) is 0 Å². The number of rotatable bonds is 2. The Balaban J connectivity index is 1.97. The number of hydrogen-bond acceptors (Lipinski definition) is 5. The molecule has 3 N–H and O–H groups in total. The Bertz CT molecular complexity index is 289. The van der Waals surface area contributed by atoms with E-state index in [1.807, 2.05) is 0 Å². The highest BCUT2D eigenvalue weighted by molar-refractivity contribution is 7.19. The lowest BCUT2D eigenvalue weighted by Crippen LogP contribution is -2.26. The number of anilines is 2. The van der Waals surface area contributed by atoms with Gasteiger partial charge in [-0.2, -0.15) is 0 Å². The third-order valence-corrected chi connectivity index (χ3v) is 2.97. The summed E-state index contributed by atoms with van der Waals surface area (Å²) in [5.41, 5.74) is 5.57. The number of nitrogen functional groups attached to an aromatic ring is 1. The van der Waals surface area contributed by atoms with Gasteiger partial charge in [-0.15, -0.1) is 0 Å². The molecule has 2 atom stereocenters. The predicted molar refractivity (Wildman–Crippen MR) is 54.0 cm³/mol. The van der Waals surface area contributed by atoms with E-state index in [1.165, 1.54) is 11.3 Å². The SMILES string of the molecule is CC1OCCC1Nc1ncc(N)s1. The van der Waals surface area contributed by atoms with Crippen molar-refractivity contribution in [3.63, 3.8) is 0 Å². The summed E-state index contributed by atoms with van der Waals surface area (Å²) < 4.78 is 5.43. The average Bonchev–Trinajstić information content (AvgIpc) is 2.64. The first-order chi connectivity index (χ1) is 6.25. The van der Waals surface area contributed by atoms with Crippen LogP contribution in [0.5, 0.6) is 0 Å². The van der Waals surface area contributed by atoms with Crippen LogP contribution in [-0.2, 0) is 4.74 Å². The first-order valence-corrected chi connectivity index (χ1v) is 5.17. The summed E-state index contributed by atoms with van der Waals surface area (Å²) in [6.07, 6.45) is 2.99. The summed E-state index contributed by atoms with van der Waals surface area (Å²) in [5, 5.41) is 4.95. The molecule has 1 aliphatic heterocycles. The smallest absolute Gasteiger partial charge is 0.184 e. The topological polar surface area (TPSA) is 60.2 Å². The standard InChI is InChI=1S/C8H13N3OS/c1-5-6(2-3-12-5)11-8-10-4-7(9)13-8/h4-6H,2-3,9H2,1H3,(H,10,11). The fourth-order valence-electron chi connectivity index (χ4n) is 1.43. The average molecular weight is 199 g/mol. The molecule has 0 bridgehead atoms. The van der Waals surface area contributed by atoms with Gasteiger partial charge < -0.3 is 15.8 Å². The number of aromatic nitrogens is 1. The van der Waals surface area contributed by atoms with Crippen molar-refractivity contribution in [1.82, 2.24) is 4.98 Å². The van der Waals surface area contributed by atoms with Gasteiger partial charge in [0.25, 0.3) is 0 Å². The lowest BCUT2D eigenvalue weighted by molar-refractivity contribution is 0.121. The van der Waals surface area contributed by atoms with Crippen LogP contribution < -0.4 is 11.1 Å². The highest BCUT2D eigenvalue weighted by Gasteiger charge is 2.24. The minimum atomic E-state index is 0.269. The molecule has 4 nitrogen and oxygen atoms in total. The zero-order chi connectivity index (χ0) is 9.26. The van der Waals surface area contributed by atoms with E-state index < -0.39 is 0 Å². The summed E-state index contributed by atoms with van der Waals surface area (Å²) in [6, 6.07) is 0.380. The van der Waals surface area contributed by atoms with Crippen LogP contribution >= 0.6 is 11.3 Å². The molecule has 1 aromatic heterocycles. The van der Waals surface area contributed by atoms with Gasteiger partial charge in [-0.05, 0) is 13.3 Å². The first-order valence-electron chi connectivity index (χ1n) is 4.35. The number of nitrogens with one attached hydrogen (secondary N) is 1. The summed E-state index contributed by atoms with van der Waals surface area (Å²) >= 11 is 1.48. The second kappa shape index (κ2) is 3.51. The van der Waals surface area contributed by atoms with Crippen LogP contribution in [0.2, 0.25) is 0 Å². The number of nitrogens with two attached hydrogens (primary N) is 1. The summed E-state index contributed by atoms with van der Waals surface area (Å²) in [7, 11) is 0. The van der Waals surface area contributed by atoms with E-state index >= 15 is 0 Å². The van der Waals surface area contributed by atoms with E-state index in [1.54, 1.807) is 6.20 Å². The lowest BCUT2D eigenvalue weighted by atomic mass is 10.2. The second-order valence-corrected chi connectivity index (χ2v) is 4.25. The van der Waals surface area contributed by atoms with E-state index in [2.05, 4.69) is 17.2 Å². The number of thiazole rings is 1. The molecule has 1 fully saturated rings. The highest BCUT2D eigenvalue weighted by Crippen LogP contribution is 2.24. The van der Waals surface area contributed by atoms with Crippen molar-refractivity contribution in [1.29, 1.82) is 0 Å². The van der Waals surface area contributed by atoms with Crippen LogP contribution in [0.3, 0.4) is 0 Å². The third-order valence-electron chi connectivity index (χ3n) is 2.21. The molecule has 1 aliphatic rings. The molecule has 2 rings (SSSR count). The predicted octanol–water partition coefficient (Wildman–Crippen LogP) is 1.31. The molecule has 13 heavy (non-hydrogen) atoms. The molecular formula is C8H13N3OS. The van der Waals surface area contributed by atoms with Crippen molar-refractivity contribution in [3.8, 4) is 0 Å². The Morgan fingerprint density at radius 3 is 3.15 bits per heavy atom. The minimum Gasteiger partial charge on any atom is -0.389 e. The Hall–Kier alpha value is -0.810. The van der Waals surface area contributed by atoms with Gasteiger partial charge in [0, 0.05) is 6.61 Å². The van der Waals surface area contributed by atoms with Gasteiger partial charge >= 0.3 is 0 Å². The number of ether oxygens (including phenoxy) is 1. The van der Waals surface area contributed by atoms with Crippen LogP contribution in [-0.4, -0.2) is 23.7 Å². The Morgan fingerprint density at radius 1 is 1.77 bits per heavy atom. The Kier molecular flexibility index (Phi) is 2.37. The normalized spacial score (nSPS) is 27.8. The number of nitrogens with zero attached hydrogens (tertiary/aromatic N) is 1. The van der Waals surface area contributed by atoms with E-state index in [9.17, 15) is 0 Å².